The molecule has 1 aromatic carbocycles. The Morgan fingerprint density at radius 1 is 1.24 bits per heavy atom. The van der Waals surface area contributed by atoms with Gasteiger partial charge in [0, 0.05) is 23.4 Å². The average Bonchev–Trinajstić information content (AvgIpc) is 3.55. The van der Waals surface area contributed by atoms with Crippen LogP contribution >= 0.6 is 11.6 Å². The van der Waals surface area contributed by atoms with E-state index in [1.165, 1.54) is 0 Å². The van der Waals surface area contributed by atoms with Crippen LogP contribution in [0.1, 0.15) is 35.6 Å². The molecule has 1 fully saturated rings. The molecule has 5 rings (SSSR count). The van der Waals surface area contributed by atoms with Gasteiger partial charge in [0.2, 0.25) is 0 Å². The number of nitrogens with two attached hydrogens (primary N) is 1. The van der Waals surface area contributed by atoms with Crippen molar-refractivity contribution in [3.05, 3.63) is 74.8 Å². The molecule has 4 aromatic rings. The summed E-state index contributed by atoms with van der Waals surface area (Å²) in [6, 6.07) is 11.4. The van der Waals surface area contributed by atoms with Crippen LogP contribution in [-0.4, -0.2) is 29.5 Å². The maximum absolute atomic E-state index is 12.7. The number of hydrogen-bond donors (Lipinski definition) is 1. The Morgan fingerprint density at radius 3 is 2.82 bits per heavy atom. The SMILES string of the molecule is Cc1c(C#N)cccc1-c1nc(N)c(Cl)c(-c2cn(Cc3cccn(C4CC4)c3=O)nn2)n1. The maximum atomic E-state index is 12.7. The van der Waals surface area contributed by atoms with Gasteiger partial charge in [-0.15, -0.1) is 5.10 Å². The lowest BCUT2D eigenvalue weighted by molar-refractivity contribution is 0.627. The van der Waals surface area contributed by atoms with Crippen LogP contribution in [0.25, 0.3) is 22.8 Å². The molecule has 0 saturated heterocycles. The van der Waals surface area contributed by atoms with E-state index in [2.05, 4.69) is 26.3 Å². The summed E-state index contributed by atoms with van der Waals surface area (Å²) >= 11 is 6.41. The van der Waals surface area contributed by atoms with E-state index in [9.17, 15) is 10.1 Å². The standard InChI is InChI=1S/C23H19ClN8O/c1-13-14(10-25)4-2-6-17(13)22-27-20(19(24)21(26)28-22)18-12-31(30-29-18)11-15-5-3-9-32(23(15)33)16-7-8-16/h2-6,9,12,16H,7-8,11H2,1H3,(H2,26,27,28). The van der Waals surface area contributed by atoms with Crippen LogP contribution < -0.4 is 11.3 Å². The lowest BCUT2D eigenvalue weighted by atomic mass is 10.0. The van der Waals surface area contributed by atoms with E-state index in [0.29, 0.717) is 39.9 Å². The van der Waals surface area contributed by atoms with Gasteiger partial charge < -0.3 is 10.3 Å². The number of nitriles is 1. The fourth-order valence-corrected chi connectivity index (χ4v) is 3.91. The van der Waals surface area contributed by atoms with Crippen molar-refractivity contribution < 1.29 is 0 Å². The number of nitrogen functional groups attached to an aromatic ring is 1. The molecule has 164 valence electrons. The third-order valence-electron chi connectivity index (χ3n) is 5.68. The monoisotopic (exact) mass is 458 g/mol. The van der Waals surface area contributed by atoms with Crippen molar-refractivity contribution in [2.75, 3.05) is 5.73 Å². The molecular formula is C23H19ClN8O. The number of anilines is 1. The summed E-state index contributed by atoms with van der Waals surface area (Å²) < 4.78 is 3.35. The second-order valence-electron chi connectivity index (χ2n) is 7.96. The van der Waals surface area contributed by atoms with Gasteiger partial charge in [-0.2, -0.15) is 5.26 Å². The molecule has 0 spiro atoms. The number of hydrogen-bond acceptors (Lipinski definition) is 7. The van der Waals surface area contributed by atoms with Crippen molar-refractivity contribution in [2.45, 2.75) is 32.4 Å². The van der Waals surface area contributed by atoms with Crippen molar-refractivity contribution in [3.8, 4) is 28.8 Å². The minimum atomic E-state index is -0.0171. The molecule has 0 amide bonds. The zero-order valence-electron chi connectivity index (χ0n) is 17.7. The van der Waals surface area contributed by atoms with Crippen molar-refractivity contribution >= 4 is 17.4 Å². The van der Waals surface area contributed by atoms with E-state index < -0.39 is 0 Å². The van der Waals surface area contributed by atoms with Gasteiger partial charge in [-0.25, -0.2) is 14.6 Å². The van der Waals surface area contributed by atoms with Gasteiger partial charge >= 0.3 is 0 Å². The van der Waals surface area contributed by atoms with Crippen LogP contribution in [0.3, 0.4) is 0 Å². The summed E-state index contributed by atoms with van der Waals surface area (Å²) in [7, 11) is 0. The average molecular weight is 459 g/mol. The molecule has 9 nitrogen and oxygen atoms in total. The molecular weight excluding hydrogens is 440 g/mol. The smallest absolute Gasteiger partial charge is 0.255 e. The van der Waals surface area contributed by atoms with Gasteiger partial charge in [-0.1, -0.05) is 35.0 Å². The summed E-state index contributed by atoms with van der Waals surface area (Å²) in [5, 5.41) is 17.8. The van der Waals surface area contributed by atoms with E-state index in [4.69, 9.17) is 17.3 Å². The molecule has 0 aliphatic heterocycles. The highest BCUT2D eigenvalue weighted by Crippen LogP contribution is 2.34. The summed E-state index contributed by atoms with van der Waals surface area (Å²) in [6.07, 6.45) is 5.56. The second kappa shape index (κ2) is 8.15. The molecule has 1 aliphatic carbocycles. The molecule has 1 aliphatic rings. The summed E-state index contributed by atoms with van der Waals surface area (Å²) in [6.45, 7) is 2.10. The Labute approximate surface area is 194 Å². The minimum Gasteiger partial charge on any atom is -0.382 e. The van der Waals surface area contributed by atoms with E-state index in [0.717, 1.165) is 18.4 Å². The van der Waals surface area contributed by atoms with E-state index in [-0.39, 0.29) is 22.9 Å². The second-order valence-corrected chi connectivity index (χ2v) is 8.34. The highest BCUT2D eigenvalue weighted by Gasteiger charge is 2.25. The first-order valence-corrected chi connectivity index (χ1v) is 10.8. The number of nitrogens with zero attached hydrogens (tertiary/aromatic N) is 7. The Hall–Kier alpha value is -4.03. The highest BCUT2D eigenvalue weighted by atomic mass is 35.5. The largest absolute Gasteiger partial charge is 0.382 e. The number of pyridine rings is 1. The molecule has 2 N–H and O–H groups in total. The maximum Gasteiger partial charge on any atom is 0.255 e. The fraction of sp³-hybridized carbons (Fsp3) is 0.217. The van der Waals surface area contributed by atoms with Gasteiger partial charge in [0.25, 0.3) is 5.56 Å². The van der Waals surface area contributed by atoms with Crippen molar-refractivity contribution in [3.63, 3.8) is 0 Å². The first-order chi connectivity index (χ1) is 16.0. The summed E-state index contributed by atoms with van der Waals surface area (Å²) in [5.74, 6) is 0.440. The molecule has 0 bridgehead atoms. The van der Waals surface area contributed by atoms with Gasteiger partial charge in [0.1, 0.15) is 22.2 Å². The van der Waals surface area contributed by atoms with Crippen molar-refractivity contribution in [1.29, 1.82) is 5.26 Å². The molecule has 10 heteroatoms. The first-order valence-electron chi connectivity index (χ1n) is 10.4. The zero-order chi connectivity index (χ0) is 23.1. The Balaban J connectivity index is 1.51. The van der Waals surface area contributed by atoms with E-state index in [1.807, 2.05) is 25.3 Å². The third-order valence-corrected chi connectivity index (χ3v) is 6.05. The predicted molar refractivity (Wildman–Crippen MR) is 123 cm³/mol. The lowest BCUT2D eigenvalue weighted by Crippen LogP contribution is -2.23. The summed E-state index contributed by atoms with van der Waals surface area (Å²) in [5.41, 5.74) is 9.36. The topological polar surface area (TPSA) is 128 Å². The highest BCUT2D eigenvalue weighted by molar-refractivity contribution is 6.35. The quantitative estimate of drug-likeness (QED) is 0.485. The van der Waals surface area contributed by atoms with Crippen LogP contribution in [0, 0.1) is 18.3 Å². The minimum absolute atomic E-state index is 0.0171. The molecule has 0 unspecified atom stereocenters. The number of rotatable bonds is 5. The van der Waals surface area contributed by atoms with Gasteiger partial charge in [-0.3, -0.25) is 4.79 Å². The van der Waals surface area contributed by atoms with Crippen LogP contribution in [0.2, 0.25) is 5.02 Å². The molecule has 3 aromatic heterocycles. The normalized spacial score (nSPS) is 13.1. The lowest BCUT2D eigenvalue weighted by Gasteiger charge is -2.10. The van der Waals surface area contributed by atoms with Gasteiger partial charge in [0.05, 0.1) is 24.4 Å². The first kappa shape index (κ1) is 20.8. The van der Waals surface area contributed by atoms with Crippen LogP contribution in [0.5, 0.6) is 0 Å². The molecule has 3 heterocycles. The van der Waals surface area contributed by atoms with Crippen molar-refractivity contribution in [1.82, 2.24) is 29.5 Å². The number of halogens is 1. The molecule has 1 saturated carbocycles. The zero-order valence-corrected chi connectivity index (χ0v) is 18.5. The third kappa shape index (κ3) is 3.85. The fourth-order valence-electron chi connectivity index (χ4n) is 3.73. The Kier molecular flexibility index (Phi) is 5.15. The molecule has 33 heavy (non-hydrogen) atoms. The van der Waals surface area contributed by atoms with E-state index in [1.54, 1.807) is 33.6 Å². The van der Waals surface area contributed by atoms with E-state index >= 15 is 0 Å². The van der Waals surface area contributed by atoms with Crippen LogP contribution in [-0.2, 0) is 6.54 Å². The van der Waals surface area contributed by atoms with Crippen molar-refractivity contribution in [2.24, 2.45) is 0 Å². The van der Waals surface area contributed by atoms with Crippen LogP contribution in [0.15, 0.2) is 47.5 Å². The van der Waals surface area contributed by atoms with Gasteiger partial charge in [-0.05, 0) is 37.5 Å². The number of benzene rings is 1. The number of aromatic nitrogens is 6. The summed E-state index contributed by atoms with van der Waals surface area (Å²) in [4.78, 5) is 21.6. The molecule has 0 atom stereocenters. The predicted octanol–water partition coefficient (Wildman–Crippen LogP) is 3.36. The van der Waals surface area contributed by atoms with Crippen LogP contribution in [0.4, 0.5) is 5.82 Å². The molecule has 0 radical (unpaired) electrons. The Morgan fingerprint density at radius 2 is 2.06 bits per heavy atom. The Bertz CT molecular complexity index is 1480. The van der Waals surface area contributed by atoms with Gasteiger partial charge in [0.15, 0.2) is 5.82 Å².